The number of carbonyl (C=O) groups is 2. The van der Waals surface area contributed by atoms with Gasteiger partial charge in [0.1, 0.15) is 6.10 Å². The molecule has 1 aliphatic rings. The largest absolute Gasteiger partial charge is 0.416 e. The lowest BCUT2D eigenvalue weighted by atomic mass is 9.96. The molecule has 0 bridgehead atoms. The zero-order chi connectivity index (χ0) is 22.2. The molecule has 3 aromatic rings. The summed E-state index contributed by atoms with van der Waals surface area (Å²) in [5.41, 5.74) is 1.23. The van der Waals surface area contributed by atoms with E-state index in [1.165, 1.54) is 24.5 Å². The Bertz CT molecular complexity index is 1110. The second kappa shape index (κ2) is 7.96. The van der Waals surface area contributed by atoms with Gasteiger partial charge < -0.3 is 5.11 Å². The zero-order valence-corrected chi connectivity index (χ0v) is 16.1. The first-order valence-corrected chi connectivity index (χ1v) is 9.50. The van der Waals surface area contributed by atoms with E-state index in [0.29, 0.717) is 27.8 Å². The summed E-state index contributed by atoms with van der Waals surface area (Å²) < 4.78 is 38.4. The number of pyridine rings is 1. The van der Waals surface area contributed by atoms with Crippen LogP contribution in [0.2, 0.25) is 0 Å². The molecular formula is C23H17F3N2O3. The van der Waals surface area contributed by atoms with Gasteiger partial charge in [0.15, 0.2) is 0 Å². The molecule has 0 aliphatic carbocycles. The van der Waals surface area contributed by atoms with Crippen LogP contribution < -0.4 is 0 Å². The molecule has 158 valence electrons. The van der Waals surface area contributed by atoms with Gasteiger partial charge in [0.2, 0.25) is 0 Å². The summed E-state index contributed by atoms with van der Waals surface area (Å²) in [6.07, 6.45) is -2.42. The molecule has 1 atom stereocenters. The fraction of sp³-hybridized carbons (Fsp3) is 0.174. The van der Waals surface area contributed by atoms with Gasteiger partial charge in [-0.25, -0.2) is 0 Å². The second-order valence-corrected chi connectivity index (χ2v) is 7.15. The van der Waals surface area contributed by atoms with E-state index in [-0.39, 0.29) is 24.8 Å². The topological polar surface area (TPSA) is 70.5 Å². The Labute approximate surface area is 175 Å². The first-order valence-electron chi connectivity index (χ1n) is 9.50. The fourth-order valence-electron chi connectivity index (χ4n) is 3.62. The van der Waals surface area contributed by atoms with E-state index < -0.39 is 17.8 Å². The minimum absolute atomic E-state index is 0.0881. The summed E-state index contributed by atoms with van der Waals surface area (Å²) in [7, 11) is 0. The van der Waals surface area contributed by atoms with Crippen LogP contribution >= 0.6 is 0 Å². The van der Waals surface area contributed by atoms with E-state index >= 15 is 0 Å². The van der Waals surface area contributed by atoms with Gasteiger partial charge in [-0.05, 0) is 53.4 Å². The Morgan fingerprint density at radius 2 is 1.55 bits per heavy atom. The zero-order valence-electron chi connectivity index (χ0n) is 16.1. The van der Waals surface area contributed by atoms with Gasteiger partial charge >= 0.3 is 6.18 Å². The van der Waals surface area contributed by atoms with Crippen LogP contribution in [-0.4, -0.2) is 33.3 Å². The Hall–Kier alpha value is -3.52. The van der Waals surface area contributed by atoms with Crippen LogP contribution in [0.25, 0.3) is 0 Å². The van der Waals surface area contributed by atoms with Crippen molar-refractivity contribution in [3.05, 3.63) is 100 Å². The maximum absolute atomic E-state index is 12.8. The molecule has 1 aromatic heterocycles. The molecule has 4 rings (SSSR count). The minimum atomic E-state index is -4.46. The third kappa shape index (κ3) is 3.94. The van der Waals surface area contributed by atoms with E-state index in [4.69, 9.17) is 0 Å². The maximum atomic E-state index is 12.8. The molecule has 8 heteroatoms. The number of carbonyl (C=O) groups excluding carboxylic acids is 2. The predicted octanol–water partition coefficient (Wildman–Crippen LogP) is 4.02. The highest BCUT2D eigenvalue weighted by Crippen LogP contribution is 2.32. The lowest BCUT2D eigenvalue weighted by Gasteiger charge is -2.18. The lowest BCUT2D eigenvalue weighted by Crippen LogP contribution is -2.32. The van der Waals surface area contributed by atoms with E-state index in [0.717, 1.165) is 17.0 Å². The standard InChI is InChI=1S/C23H17F3N2O3/c24-23(25,26)16-7-5-14(6-8-16)20(29)17-9-11-27-13-15(17)10-12-28-21(30)18-3-1-2-4-19(18)22(28)31/h1-9,11,13,20,29H,10,12H2. The summed E-state index contributed by atoms with van der Waals surface area (Å²) in [6, 6.07) is 12.4. The van der Waals surface area contributed by atoms with Gasteiger partial charge in [-0.2, -0.15) is 13.2 Å². The molecule has 2 aromatic carbocycles. The number of fused-ring (bicyclic) bond motifs is 1. The molecule has 1 N–H and O–H groups in total. The van der Waals surface area contributed by atoms with Crippen molar-refractivity contribution in [1.29, 1.82) is 0 Å². The SMILES string of the molecule is O=C1c2ccccc2C(=O)N1CCc1cnccc1C(O)c1ccc(C(F)(F)F)cc1. The molecule has 1 aliphatic heterocycles. The fourth-order valence-corrected chi connectivity index (χ4v) is 3.62. The Morgan fingerprint density at radius 3 is 2.13 bits per heavy atom. The predicted molar refractivity (Wildman–Crippen MR) is 105 cm³/mol. The molecular weight excluding hydrogens is 409 g/mol. The molecule has 0 saturated heterocycles. The number of hydrogen-bond acceptors (Lipinski definition) is 4. The summed E-state index contributed by atoms with van der Waals surface area (Å²) in [6.45, 7) is 0.0881. The first-order chi connectivity index (χ1) is 14.8. The third-order valence-electron chi connectivity index (χ3n) is 5.27. The number of rotatable bonds is 5. The second-order valence-electron chi connectivity index (χ2n) is 7.15. The monoisotopic (exact) mass is 426 g/mol. The van der Waals surface area contributed by atoms with Crippen LogP contribution in [0.5, 0.6) is 0 Å². The van der Waals surface area contributed by atoms with Crippen molar-refractivity contribution in [3.8, 4) is 0 Å². The third-order valence-corrected chi connectivity index (χ3v) is 5.27. The quantitative estimate of drug-likeness (QED) is 0.626. The van der Waals surface area contributed by atoms with E-state index in [1.54, 1.807) is 30.3 Å². The number of aromatic nitrogens is 1. The maximum Gasteiger partial charge on any atom is 0.416 e. The highest BCUT2D eigenvalue weighted by atomic mass is 19.4. The average molecular weight is 426 g/mol. The van der Waals surface area contributed by atoms with Gasteiger partial charge in [-0.1, -0.05) is 24.3 Å². The van der Waals surface area contributed by atoms with Crippen LogP contribution in [0.4, 0.5) is 13.2 Å². The number of alkyl halides is 3. The van der Waals surface area contributed by atoms with E-state index in [1.807, 2.05) is 0 Å². The van der Waals surface area contributed by atoms with Crippen LogP contribution in [0, 0.1) is 0 Å². The van der Waals surface area contributed by atoms with Gasteiger partial charge in [-0.15, -0.1) is 0 Å². The lowest BCUT2D eigenvalue weighted by molar-refractivity contribution is -0.137. The number of aliphatic hydroxyl groups is 1. The van der Waals surface area contributed by atoms with Crippen molar-refractivity contribution < 1.29 is 27.9 Å². The molecule has 2 amide bonds. The molecule has 0 saturated carbocycles. The van der Waals surface area contributed by atoms with Crippen molar-refractivity contribution in [2.75, 3.05) is 6.54 Å². The highest BCUT2D eigenvalue weighted by Gasteiger charge is 2.35. The summed E-state index contributed by atoms with van der Waals surface area (Å²) in [4.78, 5) is 30.2. The van der Waals surface area contributed by atoms with Gasteiger partial charge in [0.05, 0.1) is 16.7 Å². The van der Waals surface area contributed by atoms with Gasteiger partial charge in [0.25, 0.3) is 11.8 Å². The van der Waals surface area contributed by atoms with Crippen molar-refractivity contribution in [2.24, 2.45) is 0 Å². The molecule has 0 radical (unpaired) electrons. The molecule has 5 nitrogen and oxygen atoms in total. The molecule has 0 spiro atoms. The van der Waals surface area contributed by atoms with Gasteiger partial charge in [-0.3, -0.25) is 19.5 Å². The van der Waals surface area contributed by atoms with Crippen LogP contribution in [-0.2, 0) is 12.6 Å². The number of amides is 2. The number of imide groups is 1. The van der Waals surface area contributed by atoms with Crippen LogP contribution in [0.15, 0.2) is 67.0 Å². The number of nitrogens with zero attached hydrogens (tertiary/aromatic N) is 2. The normalized spacial score (nSPS) is 14.6. The minimum Gasteiger partial charge on any atom is -0.384 e. The summed E-state index contributed by atoms with van der Waals surface area (Å²) in [5.74, 6) is -0.761. The molecule has 31 heavy (non-hydrogen) atoms. The molecule has 2 heterocycles. The Kier molecular flexibility index (Phi) is 5.32. The Morgan fingerprint density at radius 1 is 0.935 bits per heavy atom. The van der Waals surface area contributed by atoms with Gasteiger partial charge in [0, 0.05) is 18.9 Å². The average Bonchev–Trinajstić information content (AvgIpc) is 3.01. The number of halogens is 3. The first kappa shape index (κ1) is 20.7. The number of benzene rings is 2. The summed E-state index contributed by atoms with van der Waals surface area (Å²) in [5, 5.41) is 10.7. The van der Waals surface area contributed by atoms with Crippen LogP contribution in [0.1, 0.15) is 49.1 Å². The van der Waals surface area contributed by atoms with Crippen LogP contribution in [0.3, 0.4) is 0 Å². The Balaban J connectivity index is 1.53. The summed E-state index contributed by atoms with van der Waals surface area (Å²) >= 11 is 0. The van der Waals surface area contributed by atoms with Crippen molar-refractivity contribution in [1.82, 2.24) is 9.88 Å². The molecule has 0 fully saturated rings. The van der Waals surface area contributed by atoms with Crippen molar-refractivity contribution in [2.45, 2.75) is 18.7 Å². The van der Waals surface area contributed by atoms with Crippen molar-refractivity contribution in [3.63, 3.8) is 0 Å². The highest BCUT2D eigenvalue weighted by molar-refractivity contribution is 6.21. The molecule has 1 unspecified atom stereocenters. The van der Waals surface area contributed by atoms with Crippen molar-refractivity contribution >= 4 is 11.8 Å². The smallest absolute Gasteiger partial charge is 0.384 e. The number of hydrogen-bond donors (Lipinski definition) is 1. The van der Waals surface area contributed by atoms with E-state index in [2.05, 4.69) is 4.98 Å². The van der Waals surface area contributed by atoms with E-state index in [9.17, 15) is 27.9 Å². The number of aliphatic hydroxyl groups excluding tert-OH is 1.